The maximum atomic E-state index is 13.5. The van der Waals surface area contributed by atoms with E-state index >= 15 is 0 Å². The van der Waals surface area contributed by atoms with E-state index in [0.29, 0.717) is 0 Å². The average Bonchev–Trinajstić information content (AvgIpc) is 2.33. The second-order valence-corrected chi connectivity index (χ2v) is 4.20. The summed E-state index contributed by atoms with van der Waals surface area (Å²) in [4.78, 5) is 11.9. The van der Waals surface area contributed by atoms with Crippen molar-refractivity contribution in [1.82, 2.24) is 0 Å². The molecule has 0 bridgehead atoms. The molecule has 3 N–H and O–H groups in total. The van der Waals surface area contributed by atoms with Crippen LogP contribution in [0, 0.1) is 11.6 Å². The number of rotatable bonds is 2. The van der Waals surface area contributed by atoms with Gasteiger partial charge < -0.3 is 11.1 Å². The molecule has 0 aliphatic carbocycles. The number of nitrogens with two attached hydrogens (primary N) is 1. The quantitative estimate of drug-likeness (QED) is 0.829. The molecule has 0 atom stereocenters. The lowest BCUT2D eigenvalue weighted by Crippen LogP contribution is -2.15. The van der Waals surface area contributed by atoms with Gasteiger partial charge in [-0.1, -0.05) is 17.7 Å². The fraction of sp³-hybridized carbons (Fsp3) is 0. The molecule has 0 saturated heterocycles. The zero-order valence-corrected chi connectivity index (χ0v) is 10.3. The van der Waals surface area contributed by atoms with Crippen LogP contribution in [-0.2, 0) is 0 Å². The lowest BCUT2D eigenvalue weighted by molar-refractivity contribution is 0.102. The van der Waals surface area contributed by atoms with Crippen LogP contribution >= 0.6 is 11.6 Å². The molecule has 0 saturated carbocycles. The minimum absolute atomic E-state index is 0.0539. The first-order chi connectivity index (χ1) is 8.99. The fourth-order valence-electron chi connectivity index (χ4n) is 1.54. The largest absolute Gasteiger partial charge is 0.399 e. The van der Waals surface area contributed by atoms with Crippen molar-refractivity contribution in [2.75, 3.05) is 11.1 Å². The summed E-state index contributed by atoms with van der Waals surface area (Å²) < 4.78 is 27.0. The van der Waals surface area contributed by atoms with E-state index in [-0.39, 0.29) is 22.0 Å². The van der Waals surface area contributed by atoms with E-state index in [4.69, 9.17) is 17.3 Å². The summed E-state index contributed by atoms with van der Waals surface area (Å²) >= 11 is 5.74. The molecule has 0 heterocycles. The molecule has 1 amide bonds. The van der Waals surface area contributed by atoms with Crippen molar-refractivity contribution in [3.05, 3.63) is 58.6 Å². The zero-order chi connectivity index (χ0) is 14.0. The molecule has 0 aliphatic rings. The Labute approximate surface area is 113 Å². The van der Waals surface area contributed by atoms with Gasteiger partial charge in [0.05, 0.1) is 16.3 Å². The van der Waals surface area contributed by atoms with Gasteiger partial charge in [-0.05, 0) is 30.3 Å². The lowest BCUT2D eigenvalue weighted by Gasteiger charge is -2.09. The third-order valence-corrected chi connectivity index (χ3v) is 2.74. The minimum atomic E-state index is -0.840. The van der Waals surface area contributed by atoms with Crippen LogP contribution in [0.2, 0.25) is 5.02 Å². The molecule has 0 fully saturated rings. The van der Waals surface area contributed by atoms with Gasteiger partial charge in [0, 0.05) is 5.69 Å². The number of carbonyl (C=O) groups excluding carboxylic acids is 1. The average molecular weight is 283 g/mol. The number of anilines is 2. The molecule has 2 rings (SSSR count). The third-order valence-electron chi connectivity index (χ3n) is 2.43. The Balaban J connectivity index is 2.34. The maximum absolute atomic E-state index is 13.5. The summed E-state index contributed by atoms with van der Waals surface area (Å²) in [6.45, 7) is 0. The Morgan fingerprint density at radius 1 is 1.16 bits per heavy atom. The first-order valence-electron chi connectivity index (χ1n) is 5.29. The number of amides is 1. The van der Waals surface area contributed by atoms with Crippen molar-refractivity contribution in [2.24, 2.45) is 0 Å². The second-order valence-electron chi connectivity index (χ2n) is 3.79. The molecule has 19 heavy (non-hydrogen) atoms. The highest BCUT2D eigenvalue weighted by molar-refractivity contribution is 6.34. The predicted molar refractivity (Wildman–Crippen MR) is 70.2 cm³/mol. The van der Waals surface area contributed by atoms with Gasteiger partial charge in [0.25, 0.3) is 5.91 Å². The van der Waals surface area contributed by atoms with Crippen LogP contribution in [-0.4, -0.2) is 5.91 Å². The Bertz CT molecular complexity index is 626. The monoisotopic (exact) mass is 282 g/mol. The number of halogens is 3. The van der Waals surface area contributed by atoms with Crippen molar-refractivity contribution in [1.29, 1.82) is 0 Å². The number of benzene rings is 2. The van der Waals surface area contributed by atoms with Gasteiger partial charge in [0.1, 0.15) is 11.6 Å². The van der Waals surface area contributed by atoms with Gasteiger partial charge in [-0.2, -0.15) is 0 Å². The summed E-state index contributed by atoms with van der Waals surface area (Å²) in [6, 6.07) is 7.53. The van der Waals surface area contributed by atoms with Gasteiger partial charge in [-0.15, -0.1) is 0 Å². The SMILES string of the molecule is Nc1ccc(F)c(NC(=O)c2c(F)cccc2Cl)c1. The van der Waals surface area contributed by atoms with Crippen LogP contribution < -0.4 is 11.1 Å². The lowest BCUT2D eigenvalue weighted by atomic mass is 10.2. The van der Waals surface area contributed by atoms with Gasteiger partial charge in [-0.25, -0.2) is 8.78 Å². The van der Waals surface area contributed by atoms with Crippen LogP contribution in [0.5, 0.6) is 0 Å². The van der Waals surface area contributed by atoms with Gasteiger partial charge >= 0.3 is 0 Å². The van der Waals surface area contributed by atoms with Crippen molar-refractivity contribution in [3.8, 4) is 0 Å². The maximum Gasteiger partial charge on any atom is 0.260 e. The number of nitrogen functional groups attached to an aromatic ring is 1. The summed E-state index contributed by atoms with van der Waals surface area (Å²) in [5, 5.41) is 2.18. The van der Waals surface area contributed by atoms with E-state index < -0.39 is 17.5 Å². The van der Waals surface area contributed by atoms with Crippen LogP contribution in [0.4, 0.5) is 20.2 Å². The van der Waals surface area contributed by atoms with E-state index in [0.717, 1.165) is 12.1 Å². The first-order valence-corrected chi connectivity index (χ1v) is 5.67. The smallest absolute Gasteiger partial charge is 0.260 e. The van der Waals surface area contributed by atoms with E-state index in [1.165, 1.54) is 24.3 Å². The minimum Gasteiger partial charge on any atom is -0.399 e. The van der Waals surface area contributed by atoms with Gasteiger partial charge in [0.15, 0.2) is 0 Å². The normalized spacial score (nSPS) is 10.3. The Hall–Kier alpha value is -2.14. The van der Waals surface area contributed by atoms with Crippen molar-refractivity contribution >= 4 is 28.9 Å². The topological polar surface area (TPSA) is 55.1 Å². The third kappa shape index (κ3) is 2.82. The van der Waals surface area contributed by atoms with Crippen molar-refractivity contribution in [2.45, 2.75) is 0 Å². The summed E-state index contributed by atoms with van der Waals surface area (Å²) in [7, 11) is 0. The molecular weight excluding hydrogens is 274 g/mol. The first kappa shape index (κ1) is 13.3. The number of hydrogen-bond donors (Lipinski definition) is 2. The highest BCUT2D eigenvalue weighted by Crippen LogP contribution is 2.22. The Kier molecular flexibility index (Phi) is 3.66. The molecule has 3 nitrogen and oxygen atoms in total. The second kappa shape index (κ2) is 5.24. The Morgan fingerprint density at radius 3 is 2.58 bits per heavy atom. The van der Waals surface area contributed by atoms with Gasteiger partial charge in [0.2, 0.25) is 0 Å². The van der Waals surface area contributed by atoms with Gasteiger partial charge in [-0.3, -0.25) is 4.79 Å². The summed E-state index contributed by atoms with van der Waals surface area (Å²) in [5.41, 5.74) is 5.28. The van der Waals surface area contributed by atoms with Crippen LogP contribution in [0.25, 0.3) is 0 Å². The fourth-order valence-corrected chi connectivity index (χ4v) is 1.79. The highest BCUT2D eigenvalue weighted by atomic mass is 35.5. The number of nitrogens with one attached hydrogen (secondary N) is 1. The van der Waals surface area contributed by atoms with Crippen molar-refractivity contribution in [3.63, 3.8) is 0 Å². The van der Waals surface area contributed by atoms with E-state index in [9.17, 15) is 13.6 Å². The zero-order valence-electron chi connectivity index (χ0n) is 9.58. The van der Waals surface area contributed by atoms with Crippen LogP contribution in [0.15, 0.2) is 36.4 Å². The molecular formula is C13H9ClF2N2O. The molecule has 0 spiro atoms. The summed E-state index contributed by atoms with van der Waals surface area (Å²) in [5.74, 6) is -2.29. The molecule has 2 aromatic carbocycles. The number of hydrogen-bond acceptors (Lipinski definition) is 2. The molecule has 98 valence electrons. The van der Waals surface area contributed by atoms with Crippen LogP contribution in [0.3, 0.4) is 0 Å². The Morgan fingerprint density at radius 2 is 1.89 bits per heavy atom. The molecule has 6 heteroatoms. The molecule has 2 aromatic rings. The van der Waals surface area contributed by atoms with E-state index in [1.54, 1.807) is 0 Å². The predicted octanol–water partition coefficient (Wildman–Crippen LogP) is 3.45. The van der Waals surface area contributed by atoms with Crippen molar-refractivity contribution < 1.29 is 13.6 Å². The molecule has 0 aromatic heterocycles. The molecule has 0 radical (unpaired) electrons. The van der Waals surface area contributed by atoms with Crippen LogP contribution in [0.1, 0.15) is 10.4 Å². The van der Waals surface area contributed by atoms with E-state index in [1.807, 2.05) is 0 Å². The number of carbonyl (C=O) groups is 1. The van der Waals surface area contributed by atoms with E-state index in [2.05, 4.69) is 5.32 Å². The molecule has 0 aliphatic heterocycles. The summed E-state index contributed by atoms with van der Waals surface area (Å²) in [6.07, 6.45) is 0. The molecule has 0 unspecified atom stereocenters. The standard InChI is InChI=1S/C13H9ClF2N2O/c14-8-2-1-3-10(16)12(8)13(19)18-11-6-7(17)4-5-9(11)15/h1-6H,17H2,(H,18,19). The highest BCUT2D eigenvalue weighted by Gasteiger charge is 2.17.